The molecular formula is C17H22N2O. The molecule has 2 aromatic rings. The molecule has 106 valence electrons. The van der Waals surface area contributed by atoms with Crippen LogP contribution in [0.2, 0.25) is 0 Å². The normalized spacial score (nSPS) is 10.2. The second-order valence-electron chi connectivity index (χ2n) is 4.94. The van der Waals surface area contributed by atoms with Gasteiger partial charge in [-0.25, -0.2) is 0 Å². The highest BCUT2D eigenvalue weighted by Crippen LogP contribution is 2.23. The first-order chi connectivity index (χ1) is 9.70. The summed E-state index contributed by atoms with van der Waals surface area (Å²) >= 11 is 0. The van der Waals surface area contributed by atoms with Gasteiger partial charge >= 0.3 is 0 Å². The van der Waals surface area contributed by atoms with Gasteiger partial charge < -0.3 is 15.0 Å². The van der Waals surface area contributed by atoms with Crippen LogP contribution in [0.4, 0.5) is 11.4 Å². The molecule has 0 heterocycles. The van der Waals surface area contributed by atoms with Crippen molar-refractivity contribution >= 4 is 11.4 Å². The summed E-state index contributed by atoms with van der Waals surface area (Å²) in [5.41, 5.74) is 3.69. The average Bonchev–Trinajstić information content (AvgIpc) is 2.48. The molecule has 0 saturated heterocycles. The van der Waals surface area contributed by atoms with Crippen LogP contribution in [0.3, 0.4) is 0 Å². The molecule has 0 bridgehead atoms. The van der Waals surface area contributed by atoms with Crippen molar-refractivity contribution in [2.75, 3.05) is 38.0 Å². The van der Waals surface area contributed by atoms with Crippen LogP contribution in [0.15, 0.2) is 48.5 Å². The van der Waals surface area contributed by atoms with Crippen LogP contribution in [0.1, 0.15) is 5.56 Å². The van der Waals surface area contributed by atoms with Crippen molar-refractivity contribution in [3.05, 3.63) is 54.1 Å². The maximum atomic E-state index is 5.16. The number of nitrogens with zero attached hydrogens (tertiary/aromatic N) is 1. The topological polar surface area (TPSA) is 24.5 Å². The molecule has 20 heavy (non-hydrogen) atoms. The van der Waals surface area contributed by atoms with Crippen molar-refractivity contribution in [3.63, 3.8) is 0 Å². The standard InChI is InChI=1S/C17H22N2O/c1-19(2)17-7-5-4-6-16(17)18-13-12-14-8-10-15(20-3)11-9-14/h4-11,18H,12-13H2,1-3H3. The second-order valence-corrected chi connectivity index (χ2v) is 4.94. The Morgan fingerprint density at radius 3 is 2.35 bits per heavy atom. The Balaban J connectivity index is 1.92. The van der Waals surface area contributed by atoms with Crippen molar-refractivity contribution in [1.82, 2.24) is 0 Å². The Kier molecular flexibility index (Phi) is 4.88. The molecule has 0 aliphatic rings. The van der Waals surface area contributed by atoms with E-state index in [1.54, 1.807) is 7.11 Å². The highest BCUT2D eigenvalue weighted by Gasteiger charge is 2.02. The van der Waals surface area contributed by atoms with E-state index in [0.29, 0.717) is 0 Å². The van der Waals surface area contributed by atoms with Crippen LogP contribution >= 0.6 is 0 Å². The van der Waals surface area contributed by atoms with Crippen LogP contribution in [0.25, 0.3) is 0 Å². The molecule has 0 saturated carbocycles. The van der Waals surface area contributed by atoms with E-state index in [4.69, 9.17) is 4.74 Å². The summed E-state index contributed by atoms with van der Waals surface area (Å²) in [7, 11) is 5.81. The van der Waals surface area contributed by atoms with Crippen molar-refractivity contribution < 1.29 is 4.74 Å². The van der Waals surface area contributed by atoms with Crippen LogP contribution in [-0.4, -0.2) is 27.7 Å². The molecule has 0 spiro atoms. The van der Waals surface area contributed by atoms with Crippen LogP contribution in [0, 0.1) is 0 Å². The zero-order chi connectivity index (χ0) is 14.4. The third kappa shape index (κ3) is 3.67. The summed E-state index contributed by atoms with van der Waals surface area (Å²) in [4.78, 5) is 2.12. The van der Waals surface area contributed by atoms with Gasteiger partial charge in [0.2, 0.25) is 0 Å². The highest BCUT2D eigenvalue weighted by molar-refractivity contribution is 5.69. The van der Waals surface area contributed by atoms with E-state index < -0.39 is 0 Å². The molecule has 0 unspecified atom stereocenters. The largest absolute Gasteiger partial charge is 0.497 e. The number of hydrogen-bond donors (Lipinski definition) is 1. The number of methoxy groups -OCH3 is 1. The Morgan fingerprint density at radius 1 is 1.00 bits per heavy atom. The lowest BCUT2D eigenvalue weighted by Crippen LogP contribution is -2.13. The number of ether oxygens (including phenoxy) is 1. The zero-order valence-electron chi connectivity index (χ0n) is 12.4. The smallest absolute Gasteiger partial charge is 0.118 e. The molecular weight excluding hydrogens is 248 g/mol. The Bertz CT molecular complexity index is 535. The summed E-state index contributed by atoms with van der Waals surface area (Å²) < 4.78 is 5.16. The van der Waals surface area contributed by atoms with Gasteiger partial charge in [0.25, 0.3) is 0 Å². The van der Waals surface area contributed by atoms with E-state index in [1.165, 1.54) is 16.9 Å². The van der Waals surface area contributed by atoms with Crippen LogP contribution < -0.4 is 15.0 Å². The van der Waals surface area contributed by atoms with E-state index in [0.717, 1.165) is 18.7 Å². The van der Waals surface area contributed by atoms with E-state index >= 15 is 0 Å². The van der Waals surface area contributed by atoms with E-state index in [-0.39, 0.29) is 0 Å². The summed E-state index contributed by atoms with van der Waals surface area (Å²) in [6, 6.07) is 16.6. The average molecular weight is 270 g/mol. The van der Waals surface area contributed by atoms with Gasteiger partial charge in [-0.1, -0.05) is 24.3 Å². The first-order valence-electron chi connectivity index (χ1n) is 6.84. The van der Waals surface area contributed by atoms with Crippen LogP contribution in [-0.2, 0) is 6.42 Å². The second kappa shape index (κ2) is 6.85. The molecule has 3 heteroatoms. The predicted molar refractivity (Wildman–Crippen MR) is 86.0 cm³/mol. The maximum Gasteiger partial charge on any atom is 0.118 e. The molecule has 3 nitrogen and oxygen atoms in total. The van der Waals surface area contributed by atoms with Crippen molar-refractivity contribution in [3.8, 4) is 5.75 Å². The first kappa shape index (κ1) is 14.3. The molecule has 0 amide bonds. The SMILES string of the molecule is COc1ccc(CCNc2ccccc2N(C)C)cc1. The van der Waals surface area contributed by atoms with Gasteiger partial charge in [0.15, 0.2) is 0 Å². The lowest BCUT2D eigenvalue weighted by Gasteiger charge is -2.18. The van der Waals surface area contributed by atoms with E-state index in [9.17, 15) is 0 Å². The van der Waals surface area contributed by atoms with Gasteiger partial charge in [0, 0.05) is 20.6 Å². The number of nitrogens with one attached hydrogen (secondary N) is 1. The fourth-order valence-corrected chi connectivity index (χ4v) is 2.15. The summed E-state index contributed by atoms with van der Waals surface area (Å²) in [6.07, 6.45) is 0.992. The van der Waals surface area contributed by atoms with Gasteiger partial charge in [-0.05, 0) is 36.2 Å². The first-order valence-corrected chi connectivity index (χ1v) is 6.84. The number of benzene rings is 2. The molecule has 0 aromatic heterocycles. The fourth-order valence-electron chi connectivity index (χ4n) is 2.15. The zero-order valence-corrected chi connectivity index (χ0v) is 12.4. The summed E-state index contributed by atoms with van der Waals surface area (Å²) in [5.74, 6) is 0.902. The van der Waals surface area contributed by atoms with Crippen molar-refractivity contribution in [2.45, 2.75) is 6.42 Å². The Labute approximate surface area is 121 Å². The molecule has 0 aliphatic heterocycles. The molecule has 0 fully saturated rings. The highest BCUT2D eigenvalue weighted by atomic mass is 16.5. The molecule has 0 aliphatic carbocycles. The summed E-state index contributed by atoms with van der Waals surface area (Å²) in [5, 5.41) is 3.50. The van der Waals surface area contributed by atoms with Crippen LogP contribution in [0.5, 0.6) is 5.75 Å². The number of hydrogen-bond acceptors (Lipinski definition) is 3. The predicted octanol–water partition coefficient (Wildman–Crippen LogP) is 3.42. The third-order valence-corrected chi connectivity index (χ3v) is 3.27. The van der Waals surface area contributed by atoms with Crippen molar-refractivity contribution in [2.24, 2.45) is 0 Å². The van der Waals surface area contributed by atoms with Gasteiger partial charge in [-0.3, -0.25) is 0 Å². The molecule has 0 atom stereocenters. The molecule has 2 aromatic carbocycles. The van der Waals surface area contributed by atoms with E-state index in [1.807, 2.05) is 12.1 Å². The van der Waals surface area contributed by atoms with Gasteiger partial charge in [0.1, 0.15) is 5.75 Å². The van der Waals surface area contributed by atoms with E-state index in [2.05, 4.69) is 60.7 Å². The maximum absolute atomic E-state index is 5.16. The monoisotopic (exact) mass is 270 g/mol. The van der Waals surface area contributed by atoms with Crippen molar-refractivity contribution in [1.29, 1.82) is 0 Å². The number of anilines is 2. The number of para-hydroxylation sites is 2. The van der Waals surface area contributed by atoms with Gasteiger partial charge in [0.05, 0.1) is 18.5 Å². The minimum absolute atomic E-state index is 0.902. The minimum atomic E-state index is 0.902. The Hall–Kier alpha value is -2.16. The van der Waals surface area contributed by atoms with Gasteiger partial charge in [-0.15, -0.1) is 0 Å². The Morgan fingerprint density at radius 2 is 1.70 bits per heavy atom. The quantitative estimate of drug-likeness (QED) is 0.870. The fraction of sp³-hybridized carbons (Fsp3) is 0.294. The third-order valence-electron chi connectivity index (χ3n) is 3.27. The lowest BCUT2D eigenvalue weighted by atomic mass is 10.1. The molecule has 0 radical (unpaired) electrons. The lowest BCUT2D eigenvalue weighted by molar-refractivity contribution is 0.414. The number of rotatable bonds is 6. The molecule has 2 rings (SSSR count). The van der Waals surface area contributed by atoms with Gasteiger partial charge in [-0.2, -0.15) is 0 Å². The minimum Gasteiger partial charge on any atom is -0.497 e. The summed E-state index contributed by atoms with van der Waals surface area (Å²) in [6.45, 7) is 0.914. The molecule has 1 N–H and O–H groups in total.